The first-order valence-electron chi connectivity index (χ1n) is 6.27. The van der Waals surface area contributed by atoms with Crippen LogP contribution in [0.4, 0.5) is 0 Å². The molecule has 104 valence electrons. The average molecular weight is 277 g/mol. The van der Waals surface area contributed by atoms with Crippen molar-refractivity contribution < 1.29 is 23.1 Å². The summed E-state index contributed by atoms with van der Waals surface area (Å²) in [6, 6.07) is 0. The molecule has 0 saturated carbocycles. The second-order valence-corrected chi connectivity index (χ2v) is 7.27. The van der Waals surface area contributed by atoms with E-state index < -0.39 is 21.9 Å². The predicted molar refractivity (Wildman–Crippen MR) is 65.2 cm³/mol. The highest BCUT2D eigenvalue weighted by molar-refractivity contribution is 7.91. The molecule has 0 aliphatic carbocycles. The van der Waals surface area contributed by atoms with Crippen LogP contribution in [-0.2, 0) is 19.4 Å². The molecule has 2 rings (SSSR count). The molecule has 0 radical (unpaired) electrons. The van der Waals surface area contributed by atoms with Crippen LogP contribution in [0.5, 0.6) is 0 Å². The van der Waals surface area contributed by atoms with Gasteiger partial charge in [-0.15, -0.1) is 0 Å². The van der Waals surface area contributed by atoms with E-state index in [4.69, 9.17) is 9.84 Å². The van der Waals surface area contributed by atoms with Crippen molar-refractivity contribution in [3.05, 3.63) is 0 Å². The highest BCUT2D eigenvalue weighted by Crippen LogP contribution is 2.21. The molecule has 0 aromatic carbocycles. The molecule has 0 spiro atoms. The van der Waals surface area contributed by atoms with Crippen LogP contribution in [0.15, 0.2) is 0 Å². The third-order valence-electron chi connectivity index (χ3n) is 3.49. The second-order valence-electron chi connectivity index (χ2n) is 4.97. The van der Waals surface area contributed by atoms with Crippen molar-refractivity contribution in [2.75, 3.05) is 31.1 Å². The number of carbonyl (C=O) groups is 1. The van der Waals surface area contributed by atoms with E-state index in [1.54, 1.807) is 0 Å². The topological polar surface area (TPSA) is 83.9 Å². The normalized spacial score (nSPS) is 33.1. The monoisotopic (exact) mass is 277 g/mol. The highest BCUT2D eigenvalue weighted by Gasteiger charge is 2.32. The maximum atomic E-state index is 11.5. The molecule has 0 amide bonds. The number of hydrogen-bond acceptors (Lipinski definition) is 5. The summed E-state index contributed by atoms with van der Waals surface area (Å²) < 4.78 is 28.3. The van der Waals surface area contributed by atoms with Crippen LogP contribution in [0.1, 0.15) is 19.3 Å². The van der Waals surface area contributed by atoms with Crippen LogP contribution < -0.4 is 0 Å². The van der Waals surface area contributed by atoms with Gasteiger partial charge in [0.1, 0.15) is 0 Å². The number of sulfone groups is 1. The molecule has 6 nitrogen and oxygen atoms in total. The molecule has 18 heavy (non-hydrogen) atoms. The van der Waals surface area contributed by atoms with E-state index in [1.165, 1.54) is 0 Å². The van der Waals surface area contributed by atoms with E-state index >= 15 is 0 Å². The van der Waals surface area contributed by atoms with Gasteiger partial charge in [-0.2, -0.15) is 0 Å². The lowest BCUT2D eigenvalue weighted by Gasteiger charge is -2.22. The summed E-state index contributed by atoms with van der Waals surface area (Å²) in [4.78, 5) is 12.8. The Labute approximate surface area is 107 Å². The largest absolute Gasteiger partial charge is 0.479 e. The third kappa shape index (κ3) is 3.66. The number of carboxylic acids is 1. The summed E-state index contributed by atoms with van der Waals surface area (Å²) in [5.41, 5.74) is 0. The maximum absolute atomic E-state index is 11.5. The fourth-order valence-corrected chi connectivity index (χ4v) is 3.79. The molecule has 0 bridgehead atoms. The van der Waals surface area contributed by atoms with Gasteiger partial charge in [-0.25, -0.2) is 13.2 Å². The molecule has 2 aliphatic heterocycles. The predicted octanol–water partition coefficient (Wildman–Crippen LogP) is -0.261. The molecule has 0 aromatic rings. The van der Waals surface area contributed by atoms with E-state index in [0.717, 1.165) is 13.0 Å². The minimum atomic E-state index is -2.89. The fraction of sp³-hybridized carbons (Fsp3) is 0.909. The number of rotatable bonds is 3. The van der Waals surface area contributed by atoms with Crippen molar-refractivity contribution >= 4 is 15.8 Å². The van der Waals surface area contributed by atoms with Gasteiger partial charge in [0, 0.05) is 13.1 Å². The molecular formula is C11H19NO5S. The Hall–Kier alpha value is -0.660. The highest BCUT2D eigenvalue weighted by atomic mass is 32.2. The molecular weight excluding hydrogens is 258 g/mol. The van der Waals surface area contributed by atoms with Crippen LogP contribution in [0, 0.1) is 0 Å². The lowest BCUT2D eigenvalue weighted by molar-refractivity contribution is -0.149. The van der Waals surface area contributed by atoms with Crippen LogP contribution >= 0.6 is 0 Å². The van der Waals surface area contributed by atoms with E-state index in [0.29, 0.717) is 25.9 Å². The molecule has 7 heteroatoms. The van der Waals surface area contributed by atoms with Gasteiger partial charge < -0.3 is 9.84 Å². The standard InChI is InChI=1S/C11H19NO5S/c13-11(14)10-3-2-9(17-10)8-12-4-1-6-18(15,16)7-5-12/h9-10H,1-8H2,(H,13,14). The van der Waals surface area contributed by atoms with Crippen LogP contribution in [0.25, 0.3) is 0 Å². The second kappa shape index (κ2) is 5.54. The van der Waals surface area contributed by atoms with Crippen LogP contribution in [0.3, 0.4) is 0 Å². The van der Waals surface area contributed by atoms with Crippen molar-refractivity contribution in [2.24, 2.45) is 0 Å². The van der Waals surface area contributed by atoms with Gasteiger partial charge in [-0.1, -0.05) is 0 Å². The summed E-state index contributed by atoms with van der Waals surface area (Å²) >= 11 is 0. The van der Waals surface area contributed by atoms with Gasteiger partial charge in [-0.05, 0) is 25.8 Å². The first kappa shape index (κ1) is 13.8. The lowest BCUT2D eigenvalue weighted by atomic mass is 10.2. The number of ether oxygens (including phenoxy) is 1. The third-order valence-corrected chi connectivity index (χ3v) is 5.21. The van der Waals surface area contributed by atoms with Gasteiger partial charge in [-0.3, -0.25) is 4.90 Å². The Morgan fingerprint density at radius 3 is 2.72 bits per heavy atom. The van der Waals surface area contributed by atoms with Crippen LogP contribution in [-0.4, -0.2) is 67.7 Å². The molecule has 2 atom stereocenters. The maximum Gasteiger partial charge on any atom is 0.332 e. The zero-order chi connectivity index (χ0) is 13.2. The molecule has 2 aliphatic rings. The number of aliphatic carboxylic acids is 1. The average Bonchev–Trinajstić information content (AvgIpc) is 2.67. The lowest BCUT2D eigenvalue weighted by Crippen LogP contribution is -2.35. The van der Waals surface area contributed by atoms with Crippen LogP contribution in [0.2, 0.25) is 0 Å². The quantitative estimate of drug-likeness (QED) is 0.765. The summed E-state index contributed by atoms with van der Waals surface area (Å²) in [7, 11) is -2.89. The van der Waals surface area contributed by atoms with Gasteiger partial charge in [0.2, 0.25) is 0 Å². The first-order valence-corrected chi connectivity index (χ1v) is 8.09. The van der Waals surface area contributed by atoms with Crippen molar-refractivity contribution in [3.8, 4) is 0 Å². The van der Waals surface area contributed by atoms with Gasteiger partial charge in [0.25, 0.3) is 0 Å². The van der Waals surface area contributed by atoms with Crippen molar-refractivity contribution in [3.63, 3.8) is 0 Å². The smallest absolute Gasteiger partial charge is 0.332 e. The molecule has 0 aromatic heterocycles. The Kier molecular flexibility index (Phi) is 4.24. The Morgan fingerprint density at radius 1 is 1.28 bits per heavy atom. The van der Waals surface area contributed by atoms with E-state index in [-0.39, 0.29) is 17.6 Å². The summed E-state index contributed by atoms with van der Waals surface area (Å²) in [5.74, 6) is -0.453. The molecule has 1 N–H and O–H groups in total. The van der Waals surface area contributed by atoms with Crippen molar-refractivity contribution in [1.82, 2.24) is 4.90 Å². The van der Waals surface area contributed by atoms with Crippen molar-refractivity contribution in [2.45, 2.75) is 31.5 Å². The summed E-state index contributed by atoms with van der Waals surface area (Å²) in [6.07, 6.45) is 1.17. The number of hydrogen-bond donors (Lipinski definition) is 1. The summed E-state index contributed by atoms with van der Waals surface area (Å²) in [5, 5.41) is 8.83. The Bertz CT molecular complexity index is 408. The Balaban J connectivity index is 1.82. The molecule has 2 heterocycles. The first-order chi connectivity index (χ1) is 8.46. The Morgan fingerprint density at radius 2 is 2.06 bits per heavy atom. The van der Waals surface area contributed by atoms with Gasteiger partial charge in [0.15, 0.2) is 15.9 Å². The molecule has 2 saturated heterocycles. The van der Waals surface area contributed by atoms with E-state index in [2.05, 4.69) is 4.90 Å². The molecule has 2 unspecified atom stereocenters. The summed E-state index contributed by atoms with van der Waals surface area (Å²) in [6.45, 7) is 1.91. The minimum Gasteiger partial charge on any atom is -0.479 e. The molecule has 2 fully saturated rings. The van der Waals surface area contributed by atoms with Crippen molar-refractivity contribution in [1.29, 1.82) is 0 Å². The SMILES string of the molecule is O=C(O)C1CCC(CN2CCCS(=O)(=O)CC2)O1. The van der Waals surface area contributed by atoms with E-state index in [1.807, 2.05) is 0 Å². The zero-order valence-electron chi connectivity index (χ0n) is 10.2. The number of carboxylic acid groups (broad SMARTS) is 1. The number of nitrogens with zero attached hydrogens (tertiary/aromatic N) is 1. The van der Waals surface area contributed by atoms with E-state index in [9.17, 15) is 13.2 Å². The zero-order valence-corrected chi connectivity index (χ0v) is 11.1. The fourth-order valence-electron chi connectivity index (χ4n) is 2.48. The van der Waals surface area contributed by atoms with Gasteiger partial charge in [0.05, 0.1) is 17.6 Å². The minimum absolute atomic E-state index is 0.0769. The van der Waals surface area contributed by atoms with Gasteiger partial charge >= 0.3 is 5.97 Å².